The minimum absolute atomic E-state index is 0.0701. The highest BCUT2D eigenvalue weighted by molar-refractivity contribution is 6.03. The van der Waals surface area contributed by atoms with Gasteiger partial charge in [-0.1, -0.05) is 37.5 Å². The van der Waals surface area contributed by atoms with Gasteiger partial charge in [0.25, 0.3) is 5.91 Å². The summed E-state index contributed by atoms with van der Waals surface area (Å²) < 4.78 is 0. The lowest BCUT2D eigenvalue weighted by molar-refractivity contribution is -0.117. The number of aromatic carboxylic acids is 1. The maximum atomic E-state index is 12.2. The summed E-state index contributed by atoms with van der Waals surface area (Å²) in [5.41, 5.74) is 0.352. The molecule has 5 heteroatoms. The van der Waals surface area contributed by atoms with Gasteiger partial charge in [0.05, 0.1) is 5.56 Å². The van der Waals surface area contributed by atoms with Crippen LogP contribution in [0.5, 0.6) is 0 Å². The van der Waals surface area contributed by atoms with E-state index in [2.05, 4.69) is 5.32 Å². The van der Waals surface area contributed by atoms with Crippen LogP contribution >= 0.6 is 0 Å². The molecule has 0 spiro atoms. The van der Waals surface area contributed by atoms with Crippen LogP contribution in [0.2, 0.25) is 0 Å². The molecule has 0 bridgehead atoms. The second kappa shape index (κ2) is 7.41. The van der Waals surface area contributed by atoms with E-state index in [0.29, 0.717) is 5.56 Å². The normalized spacial score (nSPS) is 15.9. The lowest BCUT2D eigenvalue weighted by atomic mass is 9.95. The molecule has 0 aromatic heterocycles. The first kappa shape index (κ1) is 15.8. The molecular formula is C17H18N2O3. The number of nitrogens with one attached hydrogen (secondary N) is 1. The van der Waals surface area contributed by atoms with Crippen molar-refractivity contribution in [2.75, 3.05) is 0 Å². The van der Waals surface area contributed by atoms with Crippen molar-refractivity contribution >= 4 is 18.0 Å². The van der Waals surface area contributed by atoms with Crippen LogP contribution in [-0.4, -0.2) is 23.0 Å². The fourth-order valence-electron chi connectivity index (χ4n) is 2.63. The maximum absolute atomic E-state index is 12.2. The quantitative estimate of drug-likeness (QED) is 0.660. The lowest BCUT2D eigenvalue weighted by Crippen LogP contribution is -2.36. The molecule has 1 aliphatic carbocycles. The van der Waals surface area contributed by atoms with E-state index in [1.807, 2.05) is 6.07 Å². The summed E-state index contributed by atoms with van der Waals surface area (Å²) in [6, 6.07) is 8.27. The van der Waals surface area contributed by atoms with Gasteiger partial charge in [0.15, 0.2) is 0 Å². The molecule has 0 unspecified atom stereocenters. The number of carboxylic acid groups (broad SMARTS) is 1. The van der Waals surface area contributed by atoms with Gasteiger partial charge in [-0.05, 0) is 30.5 Å². The molecule has 0 atom stereocenters. The summed E-state index contributed by atoms with van der Waals surface area (Å²) in [6.45, 7) is 0. The van der Waals surface area contributed by atoms with Crippen LogP contribution in [0.4, 0.5) is 0 Å². The van der Waals surface area contributed by atoms with Crippen molar-refractivity contribution in [1.82, 2.24) is 5.32 Å². The minimum Gasteiger partial charge on any atom is -0.478 e. The third kappa shape index (κ3) is 3.95. The first-order valence-electron chi connectivity index (χ1n) is 7.37. The Morgan fingerprint density at radius 3 is 2.55 bits per heavy atom. The Kier molecular flexibility index (Phi) is 5.31. The van der Waals surface area contributed by atoms with Gasteiger partial charge in [0.1, 0.15) is 11.6 Å². The van der Waals surface area contributed by atoms with Crippen LogP contribution in [0, 0.1) is 11.3 Å². The average Bonchev–Trinajstić information content (AvgIpc) is 2.53. The van der Waals surface area contributed by atoms with E-state index >= 15 is 0 Å². The number of nitriles is 1. The summed E-state index contributed by atoms with van der Waals surface area (Å²) in [4.78, 5) is 23.3. The highest BCUT2D eigenvalue weighted by Gasteiger charge is 2.18. The maximum Gasteiger partial charge on any atom is 0.336 e. The summed E-state index contributed by atoms with van der Waals surface area (Å²) in [5, 5.41) is 21.2. The van der Waals surface area contributed by atoms with Crippen molar-refractivity contribution in [3.63, 3.8) is 0 Å². The molecule has 1 aliphatic rings. The van der Waals surface area contributed by atoms with Gasteiger partial charge in [-0.15, -0.1) is 0 Å². The summed E-state index contributed by atoms with van der Waals surface area (Å²) in [5.74, 6) is -1.52. The Hall–Kier alpha value is -2.61. The molecule has 2 rings (SSSR count). The molecular weight excluding hydrogens is 280 g/mol. The number of rotatable bonds is 4. The number of nitrogens with zero attached hydrogens (tertiary/aromatic N) is 1. The molecule has 0 radical (unpaired) electrons. The Labute approximate surface area is 129 Å². The molecule has 0 saturated heterocycles. The summed E-state index contributed by atoms with van der Waals surface area (Å²) in [7, 11) is 0. The average molecular weight is 298 g/mol. The second-order valence-electron chi connectivity index (χ2n) is 5.37. The molecule has 1 fully saturated rings. The highest BCUT2D eigenvalue weighted by Crippen LogP contribution is 2.18. The van der Waals surface area contributed by atoms with E-state index in [0.717, 1.165) is 25.7 Å². The largest absolute Gasteiger partial charge is 0.478 e. The molecule has 0 heterocycles. The summed E-state index contributed by atoms with van der Waals surface area (Å²) in [6.07, 6.45) is 6.53. The van der Waals surface area contributed by atoms with E-state index in [1.165, 1.54) is 18.6 Å². The Morgan fingerprint density at radius 2 is 1.91 bits per heavy atom. The monoisotopic (exact) mass is 298 g/mol. The molecule has 2 N–H and O–H groups in total. The van der Waals surface area contributed by atoms with Crippen LogP contribution in [0.3, 0.4) is 0 Å². The highest BCUT2D eigenvalue weighted by atomic mass is 16.4. The zero-order valence-electron chi connectivity index (χ0n) is 12.2. The first-order valence-corrected chi connectivity index (χ1v) is 7.37. The van der Waals surface area contributed by atoms with Gasteiger partial charge in [0, 0.05) is 6.04 Å². The molecule has 114 valence electrons. The number of carboxylic acids is 1. The number of hydrogen-bond acceptors (Lipinski definition) is 3. The van der Waals surface area contributed by atoms with Crippen LogP contribution < -0.4 is 5.32 Å². The van der Waals surface area contributed by atoms with Crippen molar-refractivity contribution in [2.24, 2.45) is 0 Å². The van der Waals surface area contributed by atoms with Crippen LogP contribution in [0.25, 0.3) is 6.08 Å². The predicted molar refractivity (Wildman–Crippen MR) is 82.0 cm³/mol. The smallest absolute Gasteiger partial charge is 0.336 e. The van der Waals surface area contributed by atoms with Crippen molar-refractivity contribution in [3.8, 4) is 6.07 Å². The standard InChI is InChI=1S/C17H18N2O3/c18-11-13(16(20)19-14-7-2-1-3-8-14)10-12-6-4-5-9-15(12)17(21)22/h4-6,9-10,14H,1-3,7-8H2,(H,19,20)(H,21,22)/b13-10-. The van der Waals surface area contributed by atoms with Gasteiger partial charge in [-0.2, -0.15) is 5.26 Å². The van der Waals surface area contributed by atoms with Crippen molar-refractivity contribution in [3.05, 3.63) is 41.0 Å². The van der Waals surface area contributed by atoms with Gasteiger partial charge in [-0.3, -0.25) is 4.79 Å². The minimum atomic E-state index is -1.09. The number of carbonyl (C=O) groups excluding carboxylic acids is 1. The van der Waals surface area contributed by atoms with E-state index in [-0.39, 0.29) is 17.2 Å². The Balaban J connectivity index is 2.18. The number of benzene rings is 1. The van der Waals surface area contributed by atoms with Crippen LogP contribution in [0.1, 0.15) is 48.0 Å². The number of hydrogen-bond donors (Lipinski definition) is 2. The second-order valence-corrected chi connectivity index (χ2v) is 5.37. The van der Waals surface area contributed by atoms with Crippen molar-refractivity contribution in [2.45, 2.75) is 38.1 Å². The van der Waals surface area contributed by atoms with E-state index < -0.39 is 11.9 Å². The van der Waals surface area contributed by atoms with Gasteiger partial charge in [0.2, 0.25) is 0 Å². The topological polar surface area (TPSA) is 90.2 Å². The molecule has 5 nitrogen and oxygen atoms in total. The van der Waals surface area contributed by atoms with Crippen molar-refractivity contribution < 1.29 is 14.7 Å². The molecule has 1 aromatic rings. The van der Waals surface area contributed by atoms with Gasteiger partial charge in [-0.25, -0.2) is 4.79 Å². The third-order valence-electron chi connectivity index (χ3n) is 3.80. The van der Waals surface area contributed by atoms with Crippen LogP contribution in [-0.2, 0) is 4.79 Å². The fraction of sp³-hybridized carbons (Fsp3) is 0.353. The molecule has 1 amide bonds. The third-order valence-corrected chi connectivity index (χ3v) is 3.80. The zero-order chi connectivity index (χ0) is 15.9. The molecule has 1 saturated carbocycles. The van der Waals surface area contributed by atoms with E-state index in [1.54, 1.807) is 18.2 Å². The van der Waals surface area contributed by atoms with Crippen LogP contribution in [0.15, 0.2) is 29.8 Å². The SMILES string of the molecule is N#C/C(=C/c1ccccc1C(=O)O)C(=O)NC1CCCCC1. The molecule has 22 heavy (non-hydrogen) atoms. The van der Waals surface area contributed by atoms with E-state index in [4.69, 9.17) is 5.11 Å². The fourth-order valence-corrected chi connectivity index (χ4v) is 2.63. The van der Waals surface area contributed by atoms with E-state index in [9.17, 15) is 14.9 Å². The first-order chi connectivity index (χ1) is 10.6. The Bertz CT molecular complexity index is 638. The Morgan fingerprint density at radius 1 is 1.23 bits per heavy atom. The number of amides is 1. The molecule has 0 aliphatic heterocycles. The van der Waals surface area contributed by atoms with Crippen molar-refractivity contribution in [1.29, 1.82) is 5.26 Å². The van der Waals surface area contributed by atoms with Gasteiger partial charge < -0.3 is 10.4 Å². The zero-order valence-corrected chi connectivity index (χ0v) is 12.2. The molecule has 1 aromatic carbocycles. The van der Waals surface area contributed by atoms with Gasteiger partial charge >= 0.3 is 5.97 Å². The summed E-state index contributed by atoms with van der Waals surface area (Å²) >= 11 is 0. The number of carbonyl (C=O) groups is 2. The predicted octanol–water partition coefficient (Wildman–Crippen LogP) is 2.74. The lowest BCUT2D eigenvalue weighted by Gasteiger charge is -2.22.